The average Bonchev–Trinajstić information content (AvgIpc) is 3.26. The van der Waals surface area contributed by atoms with Gasteiger partial charge in [-0.1, -0.05) is 26.7 Å². The van der Waals surface area contributed by atoms with Crippen LogP contribution in [0.1, 0.15) is 56.5 Å². The first-order valence-electron chi connectivity index (χ1n) is 10.5. The van der Waals surface area contributed by atoms with Crippen molar-refractivity contribution < 1.29 is 9.59 Å². The van der Waals surface area contributed by atoms with Gasteiger partial charge in [-0.2, -0.15) is 5.10 Å². The Labute approximate surface area is 162 Å². The van der Waals surface area contributed by atoms with E-state index in [2.05, 4.69) is 25.9 Å². The standard InChI is InChI=1S/C21H34N4O2/c1-15(2)14-25-17(4)19(16(3)22-25)13-20(26)23-9-11-24(12-10-23)21(27)18-7-5-6-8-18/h15,18H,5-14H2,1-4H3. The molecule has 6 heteroatoms. The van der Waals surface area contributed by atoms with Crippen LogP contribution in [0, 0.1) is 25.7 Å². The van der Waals surface area contributed by atoms with Crippen molar-refractivity contribution >= 4 is 11.8 Å². The molecule has 1 saturated heterocycles. The summed E-state index contributed by atoms with van der Waals surface area (Å²) in [7, 11) is 0. The number of nitrogens with zero attached hydrogens (tertiary/aromatic N) is 4. The predicted octanol–water partition coefficient (Wildman–Crippen LogP) is 2.56. The molecule has 1 aromatic heterocycles. The van der Waals surface area contributed by atoms with Gasteiger partial charge in [-0.25, -0.2) is 0 Å². The van der Waals surface area contributed by atoms with E-state index in [-0.39, 0.29) is 11.8 Å². The molecule has 2 aliphatic rings. The van der Waals surface area contributed by atoms with Crippen molar-refractivity contribution in [3.8, 4) is 0 Å². The third-order valence-corrected chi connectivity index (χ3v) is 6.05. The van der Waals surface area contributed by atoms with E-state index < -0.39 is 0 Å². The van der Waals surface area contributed by atoms with Crippen LogP contribution in [0.15, 0.2) is 0 Å². The molecule has 2 fully saturated rings. The van der Waals surface area contributed by atoms with E-state index in [0.717, 1.165) is 36.3 Å². The van der Waals surface area contributed by atoms with E-state index in [0.29, 0.717) is 44.4 Å². The zero-order valence-corrected chi connectivity index (χ0v) is 17.3. The number of aromatic nitrogens is 2. The average molecular weight is 375 g/mol. The van der Waals surface area contributed by atoms with Crippen LogP contribution in [0.2, 0.25) is 0 Å². The Balaban J connectivity index is 1.55. The fourth-order valence-corrected chi connectivity index (χ4v) is 4.38. The van der Waals surface area contributed by atoms with Crippen LogP contribution in [-0.4, -0.2) is 57.6 Å². The van der Waals surface area contributed by atoms with Crippen LogP contribution in [0.3, 0.4) is 0 Å². The molecule has 0 atom stereocenters. The van der Waals surface area contributed by atoms with Gasteiger partial charge in [0.25, 0.3) is 0 Å². The van der Waals surface area contributed by atoms with Gasteiger partial charge in [0.2, 0.25) is 11.8 Å². The zero-order chi connectivity index (χ0) is 19.6. The monoisotopic (exact) mass is 374 g/mol. The molecular formula is C21H34N4O2. The highest BCUT2D eigenvalue weighted by molar-refractivity contribution is 5.81. The summed E-state index contributed by atoms with van der Waals surface area (Å²) in [5.41, 5.74) is 3.12. The smallest absolute Gasteiger partial charge is 0.227 e. The molecule has 0 spiro atoms. The number of carbonyl (C=O) groups excluding carboxylic acids is 2. The van der Waals surface area contributed by atoms with Crippen LogP contribution in [0.25, 0.3) is 0 Å². The number of hydrogen-bond acceptors (Lipinski definition) is 3. The minimum Gasteiger partial charge on any atom is -0.339 e. The minimum atomic E-state index is 0.151. The molecule has 0 unspecified atom stereocenters. The molecule has 1 aliphatic carbocycles. The number of carbonyl (C=O) groups is 2. The first-order chi connectivity index (χ1) is 12.9. The zero-order valence-electron chi connectivity index (χ0n) is 17.3. The largest absolute Gasteiger partial charge is 0.339 e. The molecule has 0 bridgehead atoms. The fourth-order valence-electron chi connectivity index (χ4n) is 4.38. The van der Waals surface area contributed by atoms with Gasteiger partial charge in [-0.05, 0) is 32.6 Å². The molecule has 2 amide bonds. The van der Waals surface area contributed by atoms with Crippen LogP contribution in [0.4, 0.5) is 0 Å². The molecule has 1 saturated carbocycles. The summed E-state index contributed by atoms with van der Waals surface area (Å²) in [5.74, 6) is 1.21. The van der Waals surface area contributed by atoms with Crippen molar-refractivity contribution in [2.24, 2.45) is 11.8 Å². The maximum absolute atomic E-state index is 12.8. The van der Waals surface area contributed by atoms with Crippen LogP contribution < -0.4 is 0 Å². The van der Waals surface area contributed by atoms with E-state index in [1.54, 1.807) is 0 Å². The maximum atomic E-state index is 12.8. The highest BCUT2D eigenvalue weighted by Crippen LogP contribution is 2.27. The second kappa shape index (κ2) is 8.44. The lowest BCUT2D eigenvalue weighted by Gasteiger charge is -2.36. The number of piperazine rings is 1. The summed E-state index contributed by atoms with van der Waals surface area (Å²) in [6, 6.07) is 0. The van der Waals surface area contributed by atoms with Crippen molar-refractivity contribution in [1.82, 2.24) is 19.6 Å². The lowest BCUT2D eigenvalue weighted by atomic mass is 10.1. The van der Waals surface area contributed by atoms with Gasteiger partial charge in [0, 0.05) is 49.9 Å². The van der Waals surface area contributed by atoms with Crippen LogP contribution >= 0.6 is 0 Å². The van der Waals surface area contributed by atoms with Crippen LogP contribution in [-0.2, 0) is 22.6 Å². The number of rotatable bonds is 5. The van der Waals surface area contributed by atoms with E-state index in [1.807, 2.05) is 21.4 Å². The molecule has 3 rings (SSSR count). The van der Waals surface area contributed by atoms with Crippen molar-refractivity contribution in [2.75, 3.05) is 26.2 Å². The van der Waals surface area contributed by atoms with Gasteiger partial charge in [0.15, 0.2) is 0 Å². The number of amides is 2. The second-order valence-corrected chi connectivity index (χ2v) is 8.59. The third-order valence-electron chi connectivity index (χ3n) is 6.05. The van der Waals surface area contributed by atoms with E-state index in [4.69, 9.17) is 0 Å². The molecule has 0 aromatic carbocycles. The Bertz CT molecular complexity index is 681. The summed E-state index contributed by atoms with van der Waals surface area (Å²) in [6.45, 7) is 11.9. The highest BCUT2D eigenvalue weighted by Gasteiger charge is 2.30. The maximum Gasteiger partial charge on any atom is 0.227 e. The van der Waals surface area contributed by atoms with Gasteiger partial charge in [-0.15, -0.1) is 0 Å². The Morgan fingerprint density at radius 3 is 2.22 bits per heavy atom. The first kappa shape index (κ1) is 19.9. The first-order valence-corrected chi connectivity index (χ1v) is 10.5. The lowest BCUT2D eigenvalue weighted by Crippen LogP contribution is -2.52. The van der Waals surface area contributed by atoms with Gasteiger partial charge in [-0.3, -0.25) is 14.3 Å². The SMILES string of the molecule is Cc1nn(CC(C)C)c(C)c1CC(=O)N1CCN(C(=O)C2CCCC2)CC1. The molecule has 2 heterocycles. The Morgan fingerprint density at radius 2 is 1.63 bits per heavy atom. The number of hydrogen-bond donors (Lipinski definition) is 0. The van der Waals surface area contributed by atoms with Gasteiger partial charge < -0.3 is 9.80 Å². The molecular weight excluding hydrogens is 340 g/mol. The van der Waals surface area contributed by atoms with Gasteiger partial charge in [0.1, 0.15) is 0 Å². The summed E-state index contributed by atoms with van der Waals surface area (Å²) >= 11 is 0. The lowest BCUT2D eigenvalue weighted by molar-refractivity contribution is -0.141. The van der Waals surface area contributed by atoms with Crippen molar-refractivity contribution in [1.29, 1.82) is 0 Å². The van der Waals surface area contributed by atoms with E-state index >= 15 is 0 Å². The molecule has 27 heavy (non-hydrogen) atoms. The fraction of sp³-hybridized carbons (Fsp3) is 0.762. The topological polar surface area (TPSA) is 58.4 Å². The van der Waals surface area contributed by atoms with Gasteiger partial charge >= 0.3 is 0 Å². The van der Waals surface area contributed by atoms with Gasteiger partial charge in [0.05, 0.1) is 12.1 Å². The number of aryl methyl sites for hydroxylation is 1. The second-order valence-electron chi connectivity index (χ2n) is 8.59. The predicted molar refractivity (Wildman–Crippen MR) is 105 cm³/mol. The summed E-state index contributed by atoms with van der Waals surface area (Å²) in [6.07, 6.45) is 4.84. The normalized spacial score (nSPS) is 18.6. The molecule has 6 nitrogen and oxygen atoms in total. The van der Waals surface area contributed by atoms with Crippen LogP contribution in [0.5, 0.6) is 0 Å². The summed E-state index contributed by atoms with van der Waals surface area (Å²) in [4.78, 5) is 29.3. The minimum absolute atomic E-state index is 0.151. The van der Waals surface area contributed by atoms with E-state index in [9.17, 15) is 9.59 Å². The molecule has 0 radical (unpaired) electrons. The molecule has 0 N–H and O–H groups in total. The quantitative estimate of drug-likeness (QED) is 0.796. The Hall–Kier alpha value is -1.85. The Morgan fingerprint density at radius 1 is 1.04 bits per heavy atom. The summed E-state index contributed by atoms with van der Waals surface area (Å²) in [5, 5.41) is 4.62. The molecule has 1 aliphatic heterocycles. The van der Waals surface area contributed by atoms with Crippen molar-refractivity contribution in [3.63, 3.8) is 0 Å². The summed E-state index contributed by atoms with van der Waals surface area (Å²) < 4.78 is 2.03. The molecule has 150 valence electrons. The van der Waals surface area contributed by atoms with Crippen molar-refractivity contribution in [2.45, 2.75) is 66.3 Å². The van der Waals surface area contributed by atoms with E-state index in [1.165, 1.54) is 12.8 Å². The van der Waals surface area contributed by atoms with Crippen molar-refractivity contribution in [3.05, 3.63) is 17.0 Å². The Kier molecular flexibility index (Phi) is 6.22. The molecule has 1 aromatic rings. The third kappa shape index (κ3) is 4.53. The highest BCUT2D eigenvalue weighted by atomic mass is 16.2.